The van der Waals surface area contributed by atoms with Crippen LogP contribution in [0.3, 0.4) is 0 Å². The van der Waals surface area contributed by atoms with Gasteiger partial charge in [0, 0.05) is 12.7 Å². The lowest BCUT2D eigenvalue weighted by Gasteiger charge is -2.23. The van der Waals surface area contributed by atoms with Gasteiger partial charge in [0.15, 0.2) is 5.75 Å². The maximum absolute atomic E-state index is 11.5. The predicted molar refractivity (Wildman–Crippen MR) is 56.4 cm³/mol. The number of hydrogen-bond acceptors (Lipinski definition) is 2. The molecule has 3 heteroatoms. The zero-order valence-electron chi connectivity index (χ0n) is 8.95. The van der Waals surface area contributed by atoms with E-state index in [1.807, 2.05) is 0 Å². The number of aromatic hydroxyl groups is 1. The standard InChI is InChI=1S/C11H17NO2/c1-4-11(2,3)8-12-7-5-6-9(13)10(12)14/h5-7,13H,4,8H2,1-3H3. The molecule has 0 amide bonds. The molecule has 1 heterocycles. The van der Waals surface area contributed by atoms with Gasteiger partial charge in [0.05, 0.1) is 0 Å². The van der Waals surface area contributed by atoms with Gasteiger partial charge in [-0.05, 0) is 24.0 Å². The van der Waals surface area contributed by atoms with E-state index < -0.39 is 0 Å². The van der Waals surface area contributed by atoms with Gasteiger partial charge in [-0.1, -0.05) is 20.8 Å². The maximum Gasteiger partial charge on any atom is 0.292 e. The molecule has 14 heavy (non-hydrogen) atoms. The van der Waals surface area contributed by atoms with E-state index in [0.717, 1.165) is 6.42 Å². The lowest BCUT2D eigenvalue weighted by Crippen LogP contribution is -2.27. The average molecular weight is 195 g/mol. The number of hydrogen-bond donors (Lipinski definition) is 1. The summed E-state index contributed by atoms with van der Waals surface area (Å²) in [4.78, 5) is 11.5. The van der Waals surface area contributed by atoms with E-state index in [1.165, 1.54) is 6.07 Å². The Morgan fingerprint density at radius 1 is 1.50 bits per heavy atom. The van der Waals surface area contributed by atoms with Crippen LogP contribution in [0.5, 0.6) is 5.75 Å². The van der Waals surface area contributed by atoms with E-state index in [-0.39, 0.29) is 16.7 Å². The third kappa shape index (κ3) is 2.37. The monoisotopic (exact) mass is 195 g/mol. The van der Waals surface area contributed by atoms with Gasteiger partial charge >= 0.3 is 0 Å². The lowest BCUT2D eigenvalue weighted by atomic mass is 9.90. The molecule has 3 nitrogen and oxygen atoms in total. The van der Waals surface area contributed by atoms with Crippen molar-refractivity contribution in [3.8, 4) is 5.75 Å². The molecule has 1 aromatic rings. The van der Waals surface area contributed by atoms with Crippen LogP contribution in [-0.2, 0) is 6.54 Å². The molecule has 1 aromatic heterocycles. The molecule has 0 unspecified atom stereocenters. The highest BCUT2D eigenvalue weighted by Crippen LogP contribution is 2.21. The summed E-state index contributed by atoms with van der Waals surface area (Å²) in [6.07, 6.45) is 2.70. The van der Waals surface area contributed by atoms with Crippen molar-refractivity contribution in [3.05, 3.63) is 28.7 Å². The molecule has 1 N–H and O–H groups in total. The SMILES string of the molecule is CCC(C)(C)Cn1cccc(O)c1=O. The predicted octanol–water partition coefficient (Wildman–Crippen LogP) is 1.99. The molecule has 0 saturated carbocycles. The first-order valence-electron chi connectivity index (χ1n) is 4.85. The molecular weight excluding hydrogens is 178 g/mol. The van der Waals surface area contributed by atoms with Crippen LogP contribution in [0.1, 0.15) is 27.2 Å². The molecule has 0 bridgehead atoms. The Kier molecular flexibility index (Phi) is 2.99. The largest absolute Gasteiger partial charge is 0.503 e. The Bertz CT molecular complexity index is 366. The minimum atomic E-state index is -0.311. The minimum absolute atomic E-state index is 0.0810. The van der Waals surface area contributed by atoms with Crippen molar-refractivity contribution in [3.63, 3.8) is 0 Å². The van der Waals surface area contributed by atoms with E-state index in [4.69, 9.17) is 0 Å². The summed E-state index contributed by atoms with van der Waals surface area (Å²) in [5, 5.41) is 9.24. The lowest BCUT2D eigenvalue weighted by molar-refractivity contribution is 0.287. The molecule has 0 spiro atoms. The van der Waals surface area contributed by atoms with Crippen LogP contribution in [0.2, 0.25) is 0 Å². The molecule has 0 aromatic carbocycles. The second kappa shape index (κ2) is 3.86. The van der Waals surface area contributed by atoms with Crippen LogP contribution in [-0.4, -0.2) is 9.67 Å². The van der Waals surface area contributed by atoms with Crippen molar-refractivity contribution in [2.45, 2.75) is 33.7 Å². The fourth-order valence-electron chi connectivity index (χ4n) is 1.22. The molecular formula is C11H17NO2. The van der Waals surface area contributed by atoms with E-state index >= 15 is 0 Å². The van der Waals surface area contributed by atoms with Gasteiger partial charge < -0.3 is 9.67 Å². The van der Waals surface area contributed by atoms with Gasteiger partial charge in [-0.15, -0.1) is 0 Å². The number of aromatic nitrogens is 1. The minimum Gasteiger partial charge on any atom is -0.503 e. The molecule has 0 radical (unpaired) electrons. The molecule has 0 aliphatic rings. The Balaban J connectivity index is 2.99. The Labute approximate surface area is 84.0 Å². The third-order valence-electron chi connectivity index (χ3n) is 2.56. The molecule has 78 valence electrons. The first-order chi connectivity index (χ1) is 6.46. The van der Waals surface area contributed by atoms with E-state index in [0.29, 0.717) is 6.54 Å². The van der Waals surface area contributed by atoms with Crippen LogP contribution in [0.25, 0.3) is 0 Å². The van der Waals surface area contributed by atoms with Crippen molar-refractivity contribution < 1.29 is 5.11 Å². The van der Waals surface area contributed by atoms with Gasteiger partial charge in [-0.3, -0.25) is 4.79 Å². The maximum atomic E-state index is 11.5. The highest BCUT2D eigenvalue weighted by Gasteiger charge is 2.16. The van der Waals surface area contributed by atoms with Crippen molar-refractivity contribution >= 4 is 0 Å². The molecule has 0 aliphatic heterocycles. The summed E-state index contributed by atoms with van der Waals surface area (Å²) in [5.74, 6) is -0.181. The fourth-order valence-corrected chi connectivity index (χ4v) is 1.22. The first kappa shape index (κ1) is 10.8. The van der Waals surface area contributed by atoms with Gasteiger partial charge in [0.1, 0.15) is 0 Å². The highest BCUT2D eigenvalue weighted by atomic mass is 16.3. The van der Waals surface area contributed by atoms with Gasteiger partial charge in [0.25, 0.3) is 5.56 Å². The highest BCUT2D eigenvalue weighted by molar-refractivity contribution is 5.14. The molecule has 0 saturated heterocycles. The van der Waals surface area contributed by atoms with Gasteiger partial charge in [0.2, 0.25) is 0 Å². The van der Waals surface area contributed by atoms with Crippen molar-refractivity contribution in [1.82, 2.24) is 4.57 Å². The Hall–Kier alpha value is -1.25. The van der Waals surface area contributed by atoms with Crippen LogP contribution < -0.4 is 5.56 Å². The Morgan fingerprint density at radius 3 is 2.71 bits per heavy atom. The Morgan fingerprint density at radius 2 is 2.14 bits per heavy atom. The summed E-state index contributed by atoms with van der Waals surface area (Å²) in [7, 11) is 0. The van der Waals surface area contributed by atoms with E-state index in [1.54, 1.807) is 16.8 Å². The smallest absolute Gasteiger partial charge is 0.292 e. The molecule has 0 fully saturated rings. The molecule has 1 rings (SSSR count). The normalized spacial score (nSPS) is 11.6. The average Bonchev–Trinajstić information content (AvgIpc) is 2.13. The fraction of sp³-hybridized carbons (Fsp3) is 0.545. The second-order valence-electron chi connectivity index (χ2n) is 4.34. The van der Waals surface area contributed by atoms with Crippen molar-refractivity contribution in [2.24, 2.45) is 5.41 Å². The van der Waals surface area contributed by atoms with Crippen LogP contribution >= 0.6 is 0 Å². The second-order valence-corrected chi connectivity index (χ2v) is 4.34. The van der Waals surface area contributed by atoms with Crippen LogP contribution in [0, 0.1) is 5.41 Å². The van der Waals surface area contributed by atoms with Crippen molar-refractivity contribution in [1.29, 1.82) is 0 Å². The molecule has 0 atom stereocenters. The zero-order chi connectivity index (χ0) is 10.8. The number of nitrogens with zero attached hydrogens (tertiary/aromatic N) is 1. The number of rotatable bonds is 3. The first-order valence-corrected chi connectivity index (χ1v) is 4.85. The van der Waals surface area contributed by atoms with E-state index in [9.17, 15) is 9.90 Å². The summed E-state index contributed by atoms with van der Waals surface area (Å²) in [6, 6.07) is 3.10. The van der Waals surface area contributed by atoms with E-state index in [2.05, 4.69) is 20.8 Å². The summed E-state index contributed by atoms with van der Waals surface area (Å²) < 4.78 is 1.55. The summed E-state index contributed by atoms with van der Waals surface area (Å²) >= 11 is 0. The quantitative estimate of drug-likeness (QED) is 0.801. The third-order valence-corrected chi connectivity index (χ3v) is 2.56. The summed E-state index contributed by atoms with van der Waals surface area (Å²) in [6.45, 7) is 6.93. The van der Waals surface area contributed by atoms with Gasteiger partial charge in [-0.2, -0.15) is 0 Å². The summed E-state index contributed by atoms with van der Waals surface area (Å²) in [5.41, 5.74) is -0.230. The van der Waals surface area contributed by atoms with Gasteiger partial charge in [-0.25, -0.2) is 0 Å². The zero-order valence-corrected chi connectivity index (χ0v) is 8.95. The van der Waals surface area contributed by atoms with Crippen LogP contribution in [0.15, 0.2) is 23.1 Å². The molecule has 0 aliphatic carbocycles. The van der Waals surface area contributed by atoms with Crippen LogP contribution in [0.4, 0.5) is 0 Å². The topological polar surface area (TPSA) is 42.2 Å². The van der Waals surface area contributed by atoms with Crippen molar-refractivity contribution in [2.75, 3.05) is 0 Å². The number of pyridine rings is 1.